The molecule has 3 rings (SSSR count). The number of guanidine groups is 1. The Morgan fingerprint density at radius 3 is 2.86 bits per heavy atom. The molecule has 0 aromatic carbocycles. The van der Waals surface area contributed by atoms with Crippen molar-refractivity contribution in [1.29, 1.82) is 0 Å². The first-order valence-corrected chi connectivity index (χ1v) is 8.15. The number of likely N-dealkylation sites (tertiary alicyclic amines) is 2. The molecule has 21 heavy (non-hydrogen) atoms. The van der Waals surface area contributed by atoms with Gasteiger partial charge in [0.25, 0.3) is 0 Å². The van der Waals surface area contributed by atoms with Crippen molar-refractivity contribution in [2.75, 3.05) is 52.9 Å². The molecule has 1 atom stereocenters. The van der Waals surface area contributed by atoms with Crippen molar-refractivity contribution < 1.29 is 4.79 Å². The third-order valence-corrected chi connectivity index (χ3v) is 5.03. The van der Waals surface area contributed by atoms with Crippen molar-refractivity contribution in [1.82, 2.24) is 20.4 Å². The summed E-state index contributed by atoms with van der Waals surface area (Å²) >= 11 is 0. The van der Waals surface area contributed by atoms with E-state index in [1.807, 2.05) is 7.05 Å². The highest BCUT2D eigenvalue weighted by molar-refractivity contribution is 5.81. The van der Waals surface area contributed by atoms with Gasteiger partial charge in [-0.3, -0.25) is 9.79 Å². The first kappa shape index (κ1) is 14.6. The van der Waals surface area contributed by atoms with Gasteiger partial charge in [0.15, 0.2) is 5.96 Å². The molecule has 0 bridgehead atoms. The minimum atomic E-state index is 0.129. The number of carbonyl (C=O) groups is 1. The average Bonchev–Trinajstić information content (AvgIpc) is 2.77. The summed E-state index contributed by atoms with van der Waals surface area (Å²) in [5, 5.41) is 6.48. The predicted octanol–water partition coefficient (Wildman–Crippen LogP) is -0.130. The number of nitrogens with zero attached hydrogens (tertiary/aromatic N) is 3. The fourth-order valence-corrected chi connectivity index (χ4v) is 3.69. The van der Waals surface area contributed by atoms with Gasteiger partial charge in [0.2, 0.25) is 5.91 Å². The first-order valence-electron chi connectivity index (χ1n) is 8.15. The van der Waals surface area contributed by atoms with E-state index < -0.39 is 0 Å². The van der Waals surface area contributed by atoms with Gasteiger partial charge in [0.05, 0.1) is 0 Å². The zero-order chi connectivity index (χ0) is 14.7. The van der Waals surface area contributed by atoms with Crippen molar-refractivity contribution in [2.24, 2.45) is 10.4 Å². The van der Waals surface area contributed by atoms with Crippen LogP contribution in [0.1, 0.15) is 25.7 Å². The third kappa shape index (κ3) is 3.31. The lowest BCUT2D eigenvalue weighted by Gasteiger charge is -2.41. The van der Waals surface area contributed by atoms with E-state index in [-0.39, 0.29) is 11.3 Å². The molecule has 0 aromatic rings. The summed E-state index contributed by atoms with van der Waals surface area (Å²) in [5.74, 6) is 1.20. The number of rotatable bonds is 3. The molecule has 3 heterocycles. The monoisotopic (exact) mass is 293 g/mol. The van der Waals surface area contributed by atoms with E-state index in [1.165, 1.54) is 19.5 Å². The van der Waals surface area contributed by atoms with Crippen LogP contribution in [0.4, 0.5) is 0 Å². The molecule has 1 amide bonds. The second kappa shape index (κ2) is 6.22. The summed E-state index contributed by atoms with van der Waals surface area (Å²) in [6.45, 7) is 7.33. The number of aliphatic imine (C=N–C) groups is 1. The van der Waals surface area contributed by atoms with E-state index in [1.54, 1.807) is 0 Å². The van der Waals surface area contributed by atoms with Crippen molar-refractivity contribution >= 4 is 11.9 Å². The highest BCUT2D eigenvalue weighted by Crippen LogP contribution is 2.35. The second-order valence-electron chi connectivity index (χ2n) is 6.65. The lowest BCUT2D eigenvalue weighted by molar-refractivity contribution is -0.119. The van der Waals surface area contributed by atoms with E-state index in [2.05, 4.69) is 25.4 Å². The largest absolute Gasteiger partial charge is 0.355 e. The summed E-state index contributed by atoms with van der Waals surface area (Å²) in [6.07, 6.45) is 4.30. The first-order chi connectivity index (χ1) is 10.2. The number of nitrogens with one attached hydrogen (secondary N) is 2. The van der Waals surface area contributed by atoms with Gasteiger partial charge in [-0.05, 0) is 32.4 Å². The standard InChI is InChI=1S/C15H27N5O/c1-16-14(17-5-9-19-6-3-7-19)20-8-2-4-15(12-20)10-13(21)18-11-15/h2-12H2,1H3,(H,16,17)(H,18,21). The molecule has 1 unspecified atom stereocenters. The zero-order valence-electron chi connectivity index (χ0n) is 13.0. The summed E-state index contributed by atoms with van der Waals surface area (Å²) in [7, 11) is 1.85. The normalized spacial score (nSPS) is 30.4. The number of amides is 1. The molecule has 0 aromatic heterocycles. The smallest absolute Gasteiger partial charge is 0.220 e. The van der Waals surface area contributed by atoms with Gasteiger partial charge in [-0.25, -0.2) is 0 Å². The van der Waals surface area contributed by atoms with E-state index >= 15 is 0 Å². The fourth-order valence-electron chi connectivity index (χ4n) is 3.69. The van der Waals surface area contributed by atoms with Crippen LogP contribution in [0.15, 0.2) is 4.99 Å². The number of hydrogen-bond acceptors (Lipinski definition) is 3. The summed E-state index contributed by atoms with van der Waals surface area (Å²) in [6, 6.07) is 0. The highest BCUT2D eigenvalue weighted by Gasteiger charge is 2.42. The topological polar surface area (TPSA) is 60.0 Å². The van der Waals surface area contributed by atoms with Crippen LogP contribution in [-0.4, -0.2) is 74.5 Å². The lowest BCUT2D eigenvalue weighted by atomic mass is 9.79. The van der Waals surface area contributed by atoms with Crippen LogP contribution in [0.2, 0.25) is 0 Å². The quantitative estimate of drug-likeness (QED) is 0.562. The number of piperidine rings is 1. The van der Waals surface area contributed by atoms with Crippen molar-refractivity contribution in [3.8, 4) is 0 Å². The molecule has 3 fully saturated rings. The molecule has 3 aliphatic heterocycles. The molecule has 6 heteroatoms. The molecule has 1 spiro atoms. The Labute approximate surface area is 127 Å². The van der Waals surface area contributed by atoms with Crippen LogP contribution in [0.5, 0.6) is 0 Å². The molecular formula is C15H27N5O. The van der Waals surface area contributed by atoms with E-state index in [0.717, 1.165) is 51.5 Å². The second-order valence-corrected chi connectivity index (χ2v) is 6.65. The van der Waals surface area contributed by atoms with Crippen LogP contribution < -0.4 is 10.6 Å². The van der Waals surface area contributed by atoms with Crippen molar-refractivity contribution in [3.05, 3.63) is 0 Å². The molecule has 0 saturated carbocycles. The van der Waals surface area contributed by atoms with Crippen LogP contribution >= 0.6 is 0 Å². The van der Waals surface area contributed by atoms with E-state index in [0.29, 0.717) is 6.42 Å². The Balaban J connectivity index is 1.52. The van der Waals surface area contributed by atoms with Crippen LogP contribution in [-0.2, 0) is 4.79 Å². The van der Waals surface area contributed by atoms with Crippen molar-refractivity contribution in [3.63, 3.8) is 0 Å². The molecule has 2 N–H and O–H groups in total. The Morgan fingerprint density at radius 2 is 2.24 bits per heavy atom. The Morgan fingerprint density at radius 1 is 1.38 bits per heavy atom. The number of hydrogen-bond donors (Lipinski definition) is 2. The number of carbonyl (C=O) groups excluding carboxylic acids is 1. The summed E-state index contributed by atoms with van der Waals surface area (Å²) in [4.78, 5) is 20.8. The predicted molar refractivity (Wildman–Crippen MR) is 83.3 cm³/mol. The van der Waals surface area contributed by atoms with E-state index in [4.69, 9.17) is 0 Å². The van der Waals surface area contributed by atoms with Gasteiger partial charge in [0.1, 0.15) is 0 Å². The SMILES string of the molecule is CN=C(NCCN1CCC1)N1CCCC2(CNC(=O)C2)C1. The van der Waals surface area contributed by atoms with Gasteiger partial charge >= 0.3 is 0 Å². The lowest BCUT2D eigenvalue weighted by Crippen LogP contribution is -2.52. The summed E-state index contributed by atoms with van der Waals surface area (Å²) in [5.41, 5.74) is 0.129. The minimum Gasteiger partial charge on any atom is -0.355 e. The Kier molecular flexibility index (Phi) is 4.33. The van der Waals surface area contributed by atoms with Gasteiger partial charge in [-0.1, -0.05) is 0 Å². The van der Waals surface area contributed by atoms with E-state index in [9.17, 15) is 4.79 Å². The highest BCUT2D eigenvalue weighted by atomic mass is 16.1. The minimum absolute atomic E-state index is 0.129. The van der Waals surface area contributed by atoms with Gasteiger partial charge < -0.3 is 20.4 Å². The van der Waals surface area contributed by atoms with Crippen molar-refractivity contribution in [2.45, 2.75) is 25.7 Å². The zero-order valence-corrected chi connectivity index (χ0v) is 13.0. The van der Waals surface area contributed by atoms with Crippen LogP contribution in [0.25, 0.3) is 0 Å². The maximum atomic E-state index is 11.6. The van der Waals surface area contributed by atoms with Crippen LogP contribution in [0.3, 0.4) is 0 Å². The summed E-state index contributed by atoms with van der Waals surface area (Å²) < 4.78 is 0. The maximum Gasteiger partial charge on any atom is 0.220 e. The van der Waals surface area contributed by atoms with Gasteiger partial charge in [-0.2, -0.15) is 0 Å². The maximum absolute atomic E-state index is 11.6. The van der Waals surface area contributed by atoms with Gasteiger partial charge in [0, 0.05) is 51.6 Å². The Hall–Kier alpha value is -1.30. The van der Waals surface area contributed by atoms with Crippen LogP contribution in [0, 0.1) is 5.41 Å². The van der Waals surface area contributed by atoms with Gasteiger partial charge in [-0.15, -0.1) is 0 Å². The third-order valence-electron chi connectivity index (χ3n) is 5.03. The molecule has 0 radical (unpaired) electrons. The molecule has 0 aliphatic carbocycles. The molecule has 6 nitrogen and oxygen atoms in total. The molecule has 3 saturated heterocycles. The molecule has 3 aliphatic rings. The molecular weight excluding hydrogens is 266 g/mol. The Bertz CT molecular complexity index is 420. The molecule has 118 valence electrons. The average molecular weight is 293 g/mol. The fraction of sp³-hybridized carbons (Fsp3) is 0.867.